The lowest BCUT2D eigenvalue weighted by Crippen LogP contribution is -2.30. The topological polar surface area (TPSA) is 120 Å². The first-order chi connectivity index (χ1) is 15.3. The van der Waals surface area contributed by atoms with Crippen LogP contribution in [0.15, 0.2) is 65.8 Å². The summed E-state index contributed by atoms with van der Waals surface area (Å²) in [6.45, 7) is 3.70. The molecular weight excluding hydrogens is 432 g/mol. The van der Waals surface area contributed by atoms with Crippen LogP contribution in [0, 0.1) is 0 Å². The van der Waals surface area contributed by atoms with Gasteiger partial charge in [-0.05, 0) is 55.3 Å². The van der Waals surface area contributed by atoms with Crippen LogP contribution < -0.4 is 19.5 Å². The molecule has 2 aromatic carbocycles. The highest BCUT2D eigenvalue weighted by atomic mass is 32.2. The number of rotatable bonds is 9. The highest BCUT2D eigenvalue weighted by molar-refractivity contribution is 7.92. The van der Waals surface area contributed by atoms with Crippen LogP contribution in [0.1, 0.15) is 19.4 Å². The van der Waals surface area contributed by atoms with Crippen LogP contribution in [0.3, 0.4) is 0 Å². The summed E-state index contributed by atoms with van der Waals surface area (Å²) in [6, 6.07) is 13.3. The first kappa shape index (κ1) is 23.0. The highest BCUT2D eigenvalue weighted by Crippen LogP contribution is 2.22. The van der Waals surface area contributed by atoms with Crippen molar-refractivity contribution in [2.75, 3.05) is 17.1 Å². The van der Waals surface area contributed by atoms with Gasteiger partial charge in [0.15, 0.2) is 6.10 Å². The summed E-state index contributed by atoms with van der Waals surface area (Å²) >= 11 is 0. The number of carbonyl (C=O) groups excluding carboxylic acids is 1. The van der Waals surface area contributed by atoms with Crippen molar-refractivity contribution < 1.29 is 22.7 Å². The van der Waals surface area contributed by atoms with Crippen molar-refractivity contribution in [3.8, 4) is 11.6 Å². The summed E-state index contributed by atoms with van der Waals surface area (Å²) in [4.78, 5) is 20.3. The van der Waals surface area contributed by atoms with Gasteiger partial charge in [-0.3, -0.25) is 9.52 Å². The van der Waals surface area contributed by atoms with Gasteiger partial charge in [-0.2, -0.15) is 0 Å². The maximum atomic E-state index is 12.6. The van der Waals surface area contributed by atoms with Gasteiger partial charge in [0.1, 0.15) is 5.75 Å². The minimum atomic E-state index is -3.92. The maximum absolute atomic E-state index is 12.6. The summed E-state index contributed by atoms with van der Waals surface area (Å²) in [5.74, 6) is 0.267. The number of nitrogens with zero attached hydrogens (tertiary/aromatic N) is 2. The molecular formula is C22H24N4O5S. The van der Waals surface area contributed by atoms with Gasteiger partial charge in [0, 0.05) is 18.1 Å². The Labute approximate surface area is 186 Å². The van der Waals surface area contributed by atoms with Crippen molar-refractivity contribution >= 4 is 27.4 Å². The van der Waals surface area contributed by atoms with Crippen LogP contribution in [0.2, 0.25) is 0 Å². The Balaban J connectivity index is 1.63. The van der Waals surface area contributed by atoms with E-state index < -0.39 is 16.1 Å². The molecule has 1 heterocycles. The monoisotopic (exact) mass is 456 g/mol. The van der Waals surface area contributed by atoms with Crippen molar-refractivity contribution in [2.45, 2.75) is 31.3 Å². The molecule has 1 amide bonds. The average Bonchev–Trinajstić information content (AvgIpc) is 2.80. The summed E-state index contributed by atoms with van der Waals surface area (Å²) in [5.41, 5.74) is 1.61. The van der Waals surface area contributed by atoms with Gasteiger partial charge in [-0.25, -0.2) is 18.4 Å². The number of hydrogen-bond donors (Lipinski definition) is 2. The van der Waals surface area contributed by atoms with Crippen LogP contribution >= 0.6 is 0 Å². The number of anilines is 2. The SMILES string of the molecule is CCc1ccc(OC(C)C(=O)Nc2ccc(S(=O)(=O)Nc3nccnc3OC)cc2)cc1. The van der Waals surface area contributed by atoms with Crippen LogP contribution in [0.5, 0.6) is 11.6 Å². The number of ether oxygens (including phenoxy) is 2. The molecule has 0 aliphatic rings. The predicted octanol–water partition coefficient (Wildman–Crippen LogP) is 3.25. The largest absolute Gasteiger partial charge is 0.481 e. The summed E-state index contributed by atoms with van der Waals surface area (Å²) < 4.78 is 38.2. The van der Waals surface area contributed by atoms with E-state index >= 15 is 0 Å². The molecule has 3 rings (SSSR count). The van der Waals surface area contributed by atoms with Crippen LogP contribution in [0.4, 0.5) is 11.5 Å². The fraction of sp³-hybridized carbons (Fsp3) is 0.227. The molecule has 10 heteroatoms. The van der Waals surface area contributed by atoms with Crippen molar-refractivity contribution in [3.63, 3.8) is 0 Å². The van der Waals surface area contributed by atoms with Gasteiger partial charge in [-0.1, -0.05) is 19.1 Å². The second-order valence-electron chi connectivity index (χ2n) is 6.79. The highest BCUT2D eigenvalue weighted by Gasteiger charge is 2.19. The molecule has 2 N–H and O–H groups in total. The molecule has 0 bridgehead atoms. The molecule has 0 aliphatic carbocycles. The van der Waals surface area contributed by atoms with Gasteiger partial charge in [-0.15, -0.1) is 0 Å². The molecule has 1 atom stereocenters. The molecule has 0 aliphatic heterocycles. The Bertz CT molecular complexity index is 1170. The molecule has 1 unspecified atom stereocenters. The van der Waals surface area contributed by atoms with Crippen molar-refractivity contribution in [2.24, 2.45) is 0 Å². The summed E-state index contributed by atoms with van der Waals surface area (Å²) in [7, 11) is -2.56. The Morgan fingerprint density at radius 2 is 1.69 bits per heavy atom. The summed E-state index contributed by atoms with van der Waals surface area (Å²) in [6.07, 6.45) is 2.92. The first-order valence-corrected chi connectivity index (χ1v) is 11.3. The lowest BCUT2D eigenvalue weighted by molar-refractivity contribution is -0.122. The third-order valence-corrected chi connectivity index (χ3v) is 5.89. The molecule has 0 radical (unpaired) electrons. The number of methoxy groups -OCH3 is 1. The zero-order valence-corrected chi connectivity index (χ0v) is 18.7. The lowest BCUT2D eigenvalue weighted by Gasteiger charge is -2.15. The zero-order valence-electron chi connectivity index (χ0n) is 17.9. The lowest BCUT2D eigenvalue weighted by atomic mass is 10.2. The van der Waals surface area contributed by atoms with Crippen LogP contribution in [-0.2, 0) is 21.2 Å². The average molecular weight is 457 g/mol. The number of carbonyl (C=O) groups is 1. The maximum Gasteiger partial charge on any atom is 0.265 e. The molecule has 3 aromatic rings. The van der Waals surface area contributed by atoms with Crippen molar-refractivity contribution in [1.29, 1.82) is 0 Å². The van der Waals surface area contributed by atoms with E-state index in [9.17, 15) is 13.2 Å². The second-order valence-corrected chi connectivity index (χ2v) is 8.47. The molecule has 0 spiro atoms. The van der Waals surface area contributed by atoms with Crippen molar-refractivity contribution in [3.05, 3.63) is 66.5 Å². The van der Waals surface area contributed by atoms with E-state index in [1.165, 1.54) is 49.3 Å². The Morgan fingerprint density at radius 3 is 2.31 bits per heavy atom. The zero-order chi connectivity index (χ0) is 23.1. The number of benzene rings is 2. The van der Waals surface area contributed by atoms with Gasteiger partial charge >= 0.3 is 0 Å². The van der Waals surface area contributed by atoms with Gasteiger partial charge in [0.2, 0.25) is 5.82 Å². The smallest absolute Gasteiger partial charge is 0.265 e. The molecule has 9 nitrogen and oxygen atoms in total. The van der Waals surface area contributed by atoms with E-state index in [1.807, 2.05) is 24.3 Å². The third kappa shape index (κ3) is 5.73. The van der Waals surface area contributed by atoms with Crippen molar-refractivity contribution in [1.82, 2.24) is 9.97 Å². The minimum absolute atomic E-state index is 0.0106. The number of aromatic nitrogens is 2. The van der Waals surface area contributed by atoms with Crippen LogP contribution in [-0.4, -0.2) is 37.5 Å². The van der Waals surface area contributed by atoms with Crippen LogP contribution in [0.25, 0.3) is 0 Å². The van der Waals surface area contributed by atoms with Gasteiger partial charge in [0.25, 0.3) is 21.8 Å². The minimum Gasteiger partial charge on any atom is -0.481 e. The predicted molar refractivity (Wildman–Crippen MR) is 120 cm³/mol. The number of sulfonamides is 1. The number of amides is 1. The second kappa shape index (κ2) is 10.1. The number of hydrogen-bond acceptors (Lipinski definition) is 7. The Kier molecular flexibility index (Phi) is 7.26. The molecule has 168 valence electrons. The number of nitrogens with one attached hydrogen (secondary N) is 2. The normalized spacial score (nSPS) is 12.0. The van der Waals surface area contributed by atoms with Gasteiger partial charge < -0.3 is 14.8 Å². The van der Waals surface area contributed by atoms with E-state index in [2.05, 4.69) is 26.9 Å². The number of aryl methyl sites for hydroxylation is 1. The standard InChI is InChI=1S/C22H24N4O5S/c1-4-16-5-9-18(10-6-16)31-15(2)21(27)25-17-7-11-19(12-8-17)32(28,29)26-20-22(30-3)24-14-13-23-20/h5-15H,4H2,1-3H3,(H,23,26)(H,25,27). The van der Waals surface area contributed by atoms with Gasteiger partial charge in [0.05, 0.1) is 12.0 Å². The fourth-order valence-electron chi connectivity index (χ4n) is 2.75. The molecule has 0 saturated heterocycles. The fourth-order valence-corrected chi connectivity index (χ4v) is 3.76. The van der Waals surface area contributed by atoms with E-state index in [0.29, 0.717) is 11.4 Å². The van der Waals surface area contributed by atoms with E-state index in [0.717, 1.165) is 6.42 Å². The van der Waals surface area contributed by atoms with E-state index in [1.54, 1.807) is 6.92 Å². The molecule has 0 saturated carbocycles. The first-order valence-electron chi connectivity index (χ1n) is 9.86. The summed E-state index contributed by atoms with van der Waals surface area (Å²) in [5, 5.41) is 2.71. The third-order valence-electron chi connectivity index (χ3n) is 4.53. The Morgan fingerprint density at radius 1 is 1.03 bits per heavy atom. The van der Waals surface area contributed by atoms with E-state index in [-0.39, 0.29) is 22.5 Å². The molecule has 0 fully saturated rings. The Hall–Kier alpha value is -3.66. The van der Waals surface area contributed by atoms with E-state index in [4.69, 9.17) is 9.47 Å². The quantitative estimate of drug-likeness (QED) is 0.507. The molecule has 32 heavy (non-hydrogen) atoms. The molecule has 1 aromatic heterocycles.